The Bertz CT molecular complexity index is 596. The number of aromatic nitrogens is 2. The molecule has 0 aliphatic heterocycles. The van der Waals surface area contributed by atoms with Gasteiger partial charge in [0.05, 0.1) is 12.8 Å². The van der Waals surface area contributed by atoms with Gasteiger partial charge in [-0.25, -0.2) is 0 Å². The second-order valence-electron chi connectivity index (χ2n) is 8.83. The van der Waals surface area contributed by atoms with E-state index in [1.54, 1.807) is 7.11 Å². The van der Waals surface area contributed by atoms with Gasteiger partial charge >= 0.3 is 0 Å². The highest BCUT2D eigenvalue weighted by Crippen LogP contribution is 2.35. The van der Waals surface area contributed by atoms with Gasteiger partial charge in [-0.1, -0.05) is 13.8 Å². The lowest BCUT2D eigenvalue weighted by molar-refractivity contribution is -0.135. The molecule has 1 aromatic heterocycles. The number of aromatic amines is 1. The van der Waals surface area contributed by atoms with Crippen LogP contribution in [0.5, 0.6) is 0 Å². The summed E-state index contributed by atoms with van der Waals surface area (Å²) >= 11 is 0. The fourth-order valence-electron chi connectivity index (χ4n) is 4.32. The number of hydrogen-bond acceptors (Lipinski definition) is 5. The van der Waals surface area contributed by atoms with Crippen LogP contribution in [0.1, 0.15) is 63.1 Å². The Morgan fingerprint density at radius 3 is 2.66 bits per heavy atom. The molecule has 1 amide bonds. The second-order valence-corrected chi connectivity index (χ2v) is 8.83. The summed E-state index contributed by atoms with van der Waals surface area (Å²) < 4.78 is 5.26. The molecule has 1 aliphatic carbocycles. The molecule has 0 atom stereocenters. The van der Waals surface area contributed by atoms with Crippen LogP contribution in [-0.2, 0) is 16.1 Å². The summed E-state index contributed by atoms with van der Waals surface area (Å²) in [5.74, 6) is 1.16. The average Bonchev–Trinajstić information content (AvgIpc) is 3.14. The zero-order valence-electron chi connectivity index (χ0n) is 19.0. The van der Waals surface area contributed by atoms with Gasteiger partial charge in [0, 0.05) is 62.9 Å². The van der Waals surface area contributed by atoms with E-state index in [-0.39, 0.29) is 5.91 Å². The first-order valence-corrected chi connectivity index (χ1v) is 11.1. The van der Waals surface area contributed by atoms with Crippen molar-refractivity contribution in [3.63, 3.8) is 0 Å². The van der Waals surface area contributed by atoms with Gasteiger partial charge in [-0.3, -0.25) is 9.89 Å². The third kappa shape index (κ3) is 7.39. The number of ether oxygens (including phenoxy) is 1. The highest BCUT2D eigenvalue weighted by molar-refractivity contribution is 5.76. The third-order valence-electron chi connectivity index (χ3n) is 5.92. The summed E-state index contributed by atoms with van der Waals surface area (Å²) in [7, 11) is 5.84. The van der Waals surface area contributed by atoms with Crippen molar-refractivity contribution in [1.29, 1.82) is 0 Å². The molecule has 0 radical (unpaired) electrons. The van der Waals surface area contributed by atoms with Crippen LogP contribution in [0.15, 0.2) is 6.20 Å². The molecule has 2 N–H and O–H groups in total. The number of carbonyl (C=O) groups excluding carboxylic acids is 1. The van der Waals surface area contributed by atoms with E-state index >= 15 is 0 Å². The minimum atomic E-state index is 0.272. The summed E-state index contributed by atoms with van der Waals surface area (Å²) in [5.41, 5.74) is 2.59. The fourth-order valence-corrected chi connectivity index (χ4v) is 4.32. The van der Waals surface area contributed by atoms with Crippen molar-refractivity contribution >= 4 is 5.91 Å². The molecule has 7 nitrogen and oxygen atoms in total. The average molecular weight is 408 g/mol. The number of likely N-dealkylation sites (N-methyl/N-ethyl adjacent to an activating group) is 2. The Kier molecular flexibility index (Phi) is 10.1. The lowest BCUT2D eigenvalue weighted by atomic mass is 9.82. The molecular formula is C22H41N5O2. The summed E-state index contributed by atoms with van der Waals surface area (Å²) in [6.45, 7) is 8.43. The second kappa shape index (κ2) is 12.3. The molecule has 1 fully saturated rings. The normalized spacial score (nSPS) is 19.8. The van der Waals surface area contributed by atoms with E-state index in [2.05, 4.69) is 46.2 Å². The fraction of sp³-hybridized carbons (Fsp3) is 0.818. The SMILES string of the molecule is CNCCN(C)Cc1cn[nH]c1C1CCC(N(CCOC)C(=O)CC(C)C)CC1. The van der Waals surface area contributed by atoms with Crippen molar-refractivity contribution in [3.8, 4) is 0 Å². The van der Waals surface area contributed by atoms with E-state index in [4.69, 9.17) is 4.74 Å². The zero-order valence-corrected chi connectivity index (χ0v) is 19.0. The molecule has 1 aliphatic rings. The molecule has 1 heterocycles. The number of amides is 1. The highest BCUT2D eigenvalue weighted by atomic mass is 16.5. The molecule has 166 valence electrons. The maximum absolute atomic E-state index is 12.8. The number of rotatable bonds is 12. The van der Waals surface area contributed by atoms with Crippen LogP contribution < -0.4 is 5.32 Å². The van der Waals surface area contributed by atoms with Crippen LogP contribution in [0.3, 0.4) is 0 Å². The van der Waals surface area contributed by atoms with E-state index < -0.39 is 0 Å². The lowest BCUT2D eigenvalue weighted by Crippen LogP contribution is -2.44. The first-order chi connectivity index (χ1) is 14.0. The maximum atomic E-state index is 12.8. The van der Waals surface area contributed by atoms with Gasteiger partial charge in [-0.2, -0.15) is 5.10 Å². The van der Waals surface area contributed by atoms with Crippen molar-refractivity contribution in [3.05, 3.63) is 17.5 Å². The topological polar surface area (TPSA) is 73.5 Å². The Morgan fingerprint density at radius 2 is 2.03 bits per heavy atom. The smallest absolute Gasteiger partial charge is 0.223 e. The van der Waals surface area contributed by atoms with Gasteiger partial charge in [0.15, 0.2) is 0 Å². The highest BCUT2D eigenvalue weighted by Gasteiger charge is 2.31. The van der Waals surface area contributed by atoms with Gasteiger partial charge in [-0.05, 0) is 45.7 Å². The number of methoxy groups -OCH3 is 1. The third-order valence-corrected chi connectivity index (χ3v) is 5.92. The monoisotopic (exact) mass is 407 g/mol. The Hall–Kier alpha value is -1.44. The van der Waals surface area contributed by atoms with Gasteiger partial charge < -0.3 is 19.9 Å². The molecule has 0 bridgehead atoms. The summed E-state index contributed by atoms with van der Waals surface area (Å²) in [6.07, 6.45) is 6.89. The number of nitrogens with one attached hydrogen (secondary N) is 2. The van der Waals surface area contributed by atoms with Gasteiger partial charge in [0.1, 0.15) is 0 Å². The van der Waals surface area contributed by atoms with Crippen molar-refractivity contribution in [2.24, 2.45) is 5.92 Å². The first kappa shape index (κ1) is 23.8. The molecule has 0 unspecified atom stereocenters. The molecule has 0 aromatic carbocycles. The molecule has 2 rings (SSSR count). The number of carbonyl (C=O) groups is 1. The largest absolute Gasteiger partial charge is 0.383 e. The molecule has 1 aromatic rings. The van der Waals surface area contributed by atoms with Gasteiger partial charge in [-0.15, -0.1) is 0 Å². The maximum Gasteiger partial charge on any atom is 0.223 e. The predicted molar refractivity (Wildman–Crippen MR) is 117 cm³/mol. The van der Waals surface area contributed by atoms with Crippen LogP contribution >= 0.6 is 0 Å². The molecule has 0 spiro atoms. The Morgan fingerprint density at radius 1 is 1.31 bits per heavy atom. The van der Waals surface area contributed by atoms with Crippen molar-refractivity contribution in [2.45, 2.75) is 64.5 Å². The van der Waals surface area contributed by atoms with E-state index in [0.717, 1.165) is 45.3 Å². The van der Waals surface area contributed by atoms with Gasteiger partial charge in [0.25, 0.3) is 0 Å². The number of hydrogen-bond donors (Lipinski definition) is 2. The van der Waals surface area contributed by atoms with Crippen molar-refractivity contribution < 1.29 is 9.53 Å². The summed E-state index contributed by atoms with van der Waals surface area (Å²) in [5, 5.41) is 10.8. The first-order valence-electron chi connectivity index (χ1n) is 11.1. The Labute approximate surface area is 176 Å². The molecule has 29 heavy (non-hydrogen) atoms. The molecule has 0 saturated heterocycles. The van der Waals surface area contributed by atoms with E-state index in [1.807, 2.05) is 13.2 Å². The van der Waals surface area contributed by atoms with Crippen molar-refractivity contribution in [1.82, 2.24) is 25.3 Å². The van der Waals surface area contributed by atoms with Crippen LogP contribution in [0.25, 0.3) is 0 Å². The zero-order chi connectivity index (χ0) is 21.2. The number of H-pyrrole nitrogens is 1. The van der Waals surface area contributed by atoms with E-state index in [1.165, 1.54) is 11.3 Å². The van der Waals surface area contributed by atoms with Gasteiger partial charge in [0.2, 0.25) is 5.91 Å². The molecule has 7 heteroatoms. The number of nitrogens with zero attached hydrogens (tertiary/aromatic N) is 3. The van der Waals surface area contributed by atoms with E-state index in [0.29, 0.717) is 37.5 Å². The quantitative estimate of drug-likeness (QED) is 0.557. The lowest BCUT2D eigenvalue weighted by Gasteiger charge is -2.37. The molecule has 1 saturated carbocycles. The van der Waals surface area contributed by atoms with Crippen LogP contribution in [0, 0.1) is 5.92 Å². The van der Waals surface area contributed by atoms with Crippen LogP contribution in [0.4, 0.5) is 0 Å². The summed E-state index contributed by atoms with van der Waals surface area (Å²) in [4.78, 5) is 17.2. The van der Waals surface area contributed by atoms with Crippen molar-refractivity contribution in [2.75, 3.05) is 47.4 Å². The predicted octanol–water partition coefficient (Wildman–Crippen LogP) is 2.61. The molecular weight excluding hydrogens is 366 g/mol. The summed E-state index contributed by atoms with van der Waals surface area (Å²) in [6, 6.07) is 0.331. The minimum Gasteiger partial charge on any atom is -0.383 e. The standard InChI is InChI=1S/C22H41N5O2/c1-17(2)14-21(28)27(12-13-29-5)20-8-6-18(7-9-20)22-19(15-24-25-22)16-26(4)11-10-23-3/h15,17-18,20,23H,6-14,16H2,1-5H3,(H,24,25). The minimum absolute atomic E-state index is 0.272. The Balaban J connectivity index is 1.95. The van der Waals surface area contributed by atoms with E-state index in [9.17, 15) is 4.79 Å². The van der Waals surface area contributed by atoms with Crippen LogP contribution in [-0.4, -0.2) is 79.4 Å². The van der Waals surface area contributed by atoms with Crippen LogP contribution in [0.2, 0.25) is 0 Å².